The van der Waals surface area contributed by atoms with E-state index in [9.17, 15) is 0 Å². The average Bonchev–Trinajstić information content (AvgIpc) is 2.72. The van der Waals surface area contributed by atoms with Crippen molar-refractivity contribution in [2.45, 2.75) is 39.5 Å². The molecule has 0 spiro atoms. The minimum Gasteiger partial charge on any atom is -0.461 e. The van der Waals surface area contributed by atoms with Crippen molar-refractivity contribution in [3.8, 4) is 11.3 Å². The molecule has 2 aromatic rings. The highest BCUT2D eigenvalue weighted by Crippen LogP contribution is 2.27. The Bertz CT molecular complexity index is 454. The fraction of sp³-hybridized carbons (Fsp3) is 0.375. The highest BCUT2D eigenvalue weighted by atomic mass is 16.3. The van der Waals surface area contributed by atoms with Crippen LogP contribution in [-0.4, -0.2) is 0 Å². The second-order valence-electron chi connectivity index (χ2n) is 4.55. The Hall–Kier alpha value is -1.50. The zero-order valence-electron chi connectivity index (χ0n) is 10.7. The summed E-state index contributed by atoms with van der Waals surface area (Å²) in [4.78, 5) is 0. The van der Waals surface area contributed by atoms with Gasteiger partial charge in [-0.15, -0.1) is 0 Å². The molecule has 0 atom stereocenters. The lowest BCUT2D eigenvalue weighted by Gasteiger charge is -1.98. The molecule has 1 heterocycles. The van der Waals surface area contributed by atoms with Gasteiger partial charge in [-0.1, -0.05) is 50.1 Å². The Morgan fingerprint density at radius 1 is 1.06 bits per heavy atom. The van der Waals surface area contributed by atoms with Crippen LogP contribution in [0, 0.1) is 6.92 Å². The third-order valence-corrected chi connectivity index (χ3v) is 3.03. The largest absolute Gasteiger partial charge is 0.461 e. The lowest BCUT2D eigenvalue weighted by Crippen LogP contribution is -1.80. The summed E-state index contributed by atoms with van der Waals surface area (Å²) in [5.74, 6) is 2.15. The summed E-state index contributed by atoms with van der Waals surface area (Å²) in [6.45, 7) is 4.35. The lowest BCUT2D eigenvalue weighted by molar-refractivity contribution is 0.508. The maximum absolute atomic E-state index is 5.95. The number of unbranched alkanes of at least 4 members (excludes halogenated alkanes) is 2. The third kappa shape index (κ3) is 3.00. The van der Waals surface area contributed by atoms with Crippen LogP contribution in [0.2, 0.25) is 0 Å². The molecule has 1 aromatic heterocycles. The smallest absolute Gasteiger partial charge is 0.137 e. The van der Waals surface area contributed by atoms with E-state index in [0.717, 1.165) is 17.9 Å². The molecule has 17 heavy (non-hydrogen) atoms. The van der Waals surface area contributed by atoms with Gasteiger partial charge >= 0.3 is 0 Å². The number of benzene rings is 1. The Morgan fingerprint density at radius 3 is 2.53 bits per heavy atom. The van der Waals surface area contributed by atoms with Crippen molar-refractivity contribution < 1.29 is 4.42 Å². The van der Waals surface area contributed by atoms with Gasteiger partial charge in [-0.2, -0.15) is 0 Å². The van der Waals surface area contributed by atoms with Crippen molar-refractivity contribution in [1.29, 1.82) is 0 Å². The van der Waals surface area contributed by atoms with E-state index in [2.05, 4.69) is 32.0 Å². The molecule has 0 unspecified atom stereocenters. The minimum atomic E-state index is 1.03. The molecule has 0 aliphatic carbocycles. The number of aryl methyl sites for hydroxylation is 2. The molecule has 1 nitrogen and oxygen atoms in total. The molecule has 0 amide bonds. The van der Waals surface area contributed by atoms with E-state index in [1.165, 1.54) is 30.4 Å². The van der Waals surface area contributed by atoms with Crippen molar-refractivity contribution in [3.05, 3.63) is 47.7 Å². The maximum atomic E-state index is 5.95. The van der Waals surface area contributed by atoms with Crippen LogP contribution in [0.15, 0.2) is 40.8 Å². The van der Waals surface area contributed by atoms with Crippen LogP contribution in [0.1, 0.15) is 37.5 Å². The fourth-order valence-corrected chi connectivity index (χ4v) is 2.10. The van der Waals surface area contributed by atoms with Gasteiger partial charge in [0, 0.05) is 12.0 Å². The molecule has 0 aliphatic rings. The molecule has 1 aromatic carbocycles. The zero-order chi connectivity index (χ0) is 12.1. The molecule has 90 valence electrons. The van der Waals surface area contributed by atoms with E-state index >= 15 is 0 Å². The summed E-state index contributed by atoms with van der Waals surface area (Å²) in [6, 6.07) is 12.5. The van der Waals surface area contributed by atoms with Gasteiger partial charge in [-0.3, -0.25) is 0 Å². The molecule has 0 N–H and O–H groups in total. The van der Waals surface area contributed by atoms with Gasteiger partial charge in [0.05, 0.1) is 0 Å². The van der Waals surface area contributed by atoms with Gasteiger partial charge in [-0.25, -0.2) is 0 Å². The molecule has 0 saturated carbocycles. The third-order valence-electron chi connectivity index (χ3n) is 3.03. The molecule has 2 rings (SSSR count). The van der Waals surface area contributed by atoms with Crippen LogP contribution in [-0.2, 0) is 6.42 Å². The van der Waals surface area contributed by atoms with Crippen molar-refractivity contribution in [1.82, 2.24) is 0 Å². The summed E-state index contributed by atoms with van der Waals surface area (Å²) in [5, 5.41) is 0. The molecule has 0 bridgehead atoms. The van der Waals surface area contributed by atoms with E-state index in [1.807, 2.05) is 18.2 Å². The van der Waals surface area contributed by atoms with Crippen LogP contribution in [0.4, 0.5) is 0 Å². The standard InChI is InChI=1S/C16H20O/c1-3-4-6-11-15-12-13(2)16(17-15)14-9-7-5-8-10-14/h5,7-10,12H,3-4,6,11H2,1-2H3. The minimum absolute atomic E-state index is 1.03. The molecule has 0 saturated heterocycles. The molecule has 0 aliphatic heterocycles. The first kappa shape index (κ1) is 12.0. The van der Waals surface area contributed by atoms with Crippen LogP contribution < -0.4 is 0 Å². The number of hydrogen-bond donors (Lipinski definition) is 0. The van der Waals surface area contributed by atoms with E-state index in [0.29, 0.717) is 0 Å². The van der Waals surface area contributed by atoms with Crippen LogP contribution in [0.5, 0.6) is 0 Å². The van der Waals surface area contributed by atoms with Crippen molar-refractivity contribution in [2.75, 3.05) is 0 Å². The van der Waals surface area contributed by atoms with Crippen LogP contribution in [0.25, 0.3) is 11.3 Å². The first-order chi connectivity index (χ1) is 8.31. The van der Waals surface area contributed by atoms with Gasteiger partial charge in [0.15, 0.2) is 0 Å². The summed E-state index contributed by atoms with van der Waals surface area (Å²) in [5.41, 5.74) is 2.41. The highest BCUT2D eigenvalue weighted by Gasteiger charge is 2.08. The summed E-state index contributed by atoms with van der Waals surface area (Å²) < 4.78 is 5.95. The highest BCUT2D eigenvalue weighted by molar-refractivity contribution is 5.61. The molecular weight excluding hydrogens is 208 g/mol. The van der Waals surface area contributed by atoms with Gasteiger partial charge < -0.3 is 4.42 Å². The second kappa shape index (κ2) is 5.72. The van der Waals surface area contributed by atoms with Crippen molar-refractivity contribution in [2.24, 2.45) is 0 Å². The van der Waals surface area contributed by atoms with Gasteiger partial charge in [0.1, 0.15) is 11.5 Å². The first-order valence-electron chi connectivity index (χ1n) is 6.46. The second-order valence-corrected chi connectivity index (χ2v) is 4.55. The fourth-order valence-electron chi connectivity index (χ4n) is 2.10. The van der Waals surface area contributed by atoms with E-state index in [4.69, 9.17) is 4.42 Å². The van der Waals surface area contributed by atoms with E-state index in [1.54, 1.807) is 0 Å². The Labute approximate surface area is 103 Å². The molecule has 1 heteroatoms. The van der Waals surface area contributed by atoms with E-state index in [-0.39, 0.29) is 0 Å². The average molecular weight is 228 g/mol. The normalized spacial score (nSPS) is 10.7. The van der Waals surface area contributed by atoms with Crippen LogP contribution in [0.3, 0.4) is 0 Å². The first-order valence-corrected chi connectivity index (χ1v) is 6.46. The zero-order valence-corrected chi connectivity index (χ0v) is 10.7. The number of hydrogen-bond acceptors (Lipinski definition) is 1. The molecular formula is C16H20O. The summed E-state index contributed by atoms with van der Waals surface area (Å²) in [7, 11) is 0. The Morgan fingerprint density at radius 2 is 1.82 bits per heavy atom. The van der Waals surface area contributed by atoms with Crippen LogP contribution >= 0.6 is 0 Å². The topological polar surface area (TPSA) is 13.1 Å². The van der Waals surface area contributed by atoms with Gasteiger partial charge in [0.2, 0.25) is 0 Å². The van der Waals surface area contributed by atoms with Crippen molar-refractivity contribution >= 4 is 0 Å². The maximum Gasteiger partial charge on any atom is 0.137 e. The summed E-state index contributed by atoms with van der Waals surface area (Å²) in [6.07, 6.45) is 4.81. The van der Waals surface area contributed by atoms with Gasteiger partial charge in [0.25, 0.3) is 0 Å². The molecule has 0 fully saturated rings. The molecule has 0 radical (unpaired) electrons. The van der Waals surface area contributed by atoms with Crippen molar-refractivity contribution in [3.63, 3.8) is 0 Å². The predicted molar refractivity (Wildman–Crippen MR) is 72.1 cm³/mol. The van der Waals surface area contributed by atoms with E-state index < -0.39 is 0 Å². The van der Waals surface area contributed by atoms with Gasteiger partial charge in [-0.05, 0) is 25.0 Å². The lowest BCUT2D eigenvalue weighted by atomic mass is 10.1. The number of furan rings is 1. The quantitative estimate of drug-likeness (QED) is 0.657. The Kier molecular flexibility index (Phi) is 4.03. The predicted octanol–water partition coefficient (Wildman–Crippen LogP) is 4.99. The number of rotatable bonds is 5. The summed E-state index contributed by atoms with van der Waals surface area (Å²) >= 11 is 0. The Balaban J connectivity index is 2.14. The monoisotopic (exact) mass is 228 g/mol. The SMILES string of the molecule is CCCCCc1cc(C)c(-c2ccccc2)o1.